The van der Waals surface area contributed by atoms with Crippen molar-refractivity contribution < 1.29 is 5.11 Å². The average Bonchev–Trinajstić information content (AvgIpc) is 2.44. The van der Waals surface area contributed by atoms with Crippen molar-refractivity contribution in [2.24, 2.45) is 0 Å². The van der Waals surface area contributed by atoms with Gasteiger partial charge in [0.05, 0.1) is 6.10 Å². The molecule has 0 bridgehead atoms. The standard InChI is InChI=1S/C17H21NO/c1-14-6-5-7-15(12-14)10-11-18-13-17(19)16-8-3-2-4-9-16/h2-9,12,17-19H,10-11,13H2,1H3. The maximum absolute atomic E-state index is 10.00. The number of rotatable bonds is 6. The van der Waals surface area contributed by atoms with E-state index in [0.717, 1.165) is 18.5 Å². The van der Waals surface area contributed by atoms with E-state index in [1.54, 1.807) is 0 Å². The molecule has 0 fully saturated rings. The van der Waals surface area contributed by atoms with Crippen LogP contribution >= 0.6 is 0 Å². The zero-order chi connectivity index (χ0) is 13.5. The molecule has 0 spiro atoms. The first-order chi connectivity index (χ1) is 9.25. The Morgan fingerprint density at radius 1 is 1.05 bits per heavy atom. The highest BCUT2D eigenvalue weighted by atomic mass is 16.3. The molecule has 2 N–H and O–H groups in total. The predicted octanol–water partition coefficient (Wildman–Crippen LogP) is 2.86. The van der Waals surface area contributed by atoms with Gasteiger partial charge < -0.3 is 10.4 Å². The van der Waals surface area contributed by atoms with E-state index < -0.39 is 6.10 Å². The summed E-state index contributed by atoms with van der Waals surface area (Å²) < 4.78 is 0. The van der Waals surface area contributed by atoms with E-state index in [-0.39, 0.29) is 0 Å². The molecule has 0 aliphatic rings. The van der Waals surface area contributed by atoms with Crippen LogP contribution in [0.5, 0.6) is 0 Å². The zero-order valence-corrected chi connectivity index (χ0v) is 11.3. The minimum Gasteiger partial charge on any atom is -0.387 e. The first-order valence-corrected chi connectivity index (χ1v) is 6.75. The van der Waals surface area contributed by atoms with Gasteiger partial charge in [0.2, 0.25) is 0 Å². The first kappa shape index (κ1) is 13.8. The van der Waals surface area contributed by atoms with Gasteiger partial charge in [-0.2, -0.15) is 0 Å². The SMILES string of the molecule is Cc1cccc(CCNCC(O)c2ccccc2)c1. The monoisotopic (exact) mass is 255 g/mol. The van der Waals surface area contributed by atoms with Crippen LogP contribution in [0.3, 0.4) is 0 Å². The highest BCUT2D eigenvalue weighted by Crippen LogP contribution is 2.10. The summed E-state index contributed by atoms with van der Waals surface area (Å²) in [4.78, 5) is 0. The van der Waals surface area contributed by atoms with Gasteiger partial charge in [-0.25, -0.2) is 0 Å². The molecule has 19 heavy (non-hydrogen) atoms. The number of benzene rings is 2. The van der Waals surface area contributed by atoms with Crippen molar-refractivity contribution in [1.29, 1.82) is 0 Å². The molecular weight excluding hydrogens is 234 g/mol. The Bertz CT molecular complexity index is 496. The third-order valence-corrected chi connectivity index (χ3v) is 3.19. The molecule has 1 unspecified atom stereocenters. The van der Waals surface area contributed by atoms with Gasteiger partial charge >= 0.3 is 0 Å². The molecule has 0 heterocycles. The lowest BCUT2D eigenvalue weighted by Crippen LogP contribution is -2.23. The summed E-state index contributed by atoms with van der Waals surface area (Å²) in [6.07, 6.45) is 0.558. The summed E-state index contributed by atoms with van der Waals surface area (Å²) in [5, 5.41) is 13.3. The molecule has 0 radical (unpaired) electrons. The van der Waals surface area contributed by atoms with E-state index in [2.05, 4.69) is 36.5 Å². The van der Waals surface area contributed by atoms with Crippen LogP contribution in [-0.2, 0) is 6.42 Å². The third kappa shape index (κ3) is 4.51. The molecule has 2 aromatic carbocycles. The molecular formula is C17H21NO. The Hall–Kier alpha value is -1.64. The molecule has 2 aromatic rings. The van der Waals surface area contributed by atoms with Crippen molar-refractivity contribution in [3.63, 3.8) is 0 Å². The minimum atomic E-state index is -0.432. The zero-order valence-electron chi connectivity index (χ0n) is 11.3. The van der Waals surface area contributed by atoms with Gasteiger partial charge in [0.25, 0.3) is 0 Å². The van der Waals surface area contributed by atoms with Gasteiger partial charge in [0.1, 0.15) is 0 Å². The van der Waals surface area contributed by atoms with Gasteiger partial charge in [-0.15, -0.1) is 0 Å². The van der Waals surface area contributed by atoms with E-state index >= 15 is 0 Å². The van der Waals surface area contributed by atoms with Crippen molar-refractivity contribution in [2.75, 3.05) is 13.1 Å². The number of nitrogens with one attached hydrogen (secondary N) is 1. The molecule has 100 valence electrons. The molecule has 2 rings (SSSR count). The number of aliphatic hydroxyl groups excluding tert-OH is 1. The van der Waals surface area contributed by atoms with E-state index in [9.17, 15) is 5.11 Å². The largest absolute Gasteiger partial charge is 0.387 e. The third-order valence-electron chi connectivity index (χ3n) is 3.19. The van der Waals surface area contributed by atoms with Gasteiger partial charge in [0, 0.05) is 6.54 Å². The van der Waals surface area contributed by atoms with Crippen molar-refractivity contribution in [3.05, 3.63) is 71.3 Å². The first-order valence-electron chi connectivity index (χ1n) is 6.75. The summed E-state index contributed by atoms with van der Waals surface area (Å²) >= 11 is 0. The van der Waals surface area contributed by atoms with Crippen molar-refractivity contribution in [1.82, 2.24) is 5.32 Å². The predicted molar refractivity (Wildman–Crippen MR) is 79.2 cm³/mol. The molecule has 2 heteroatoms. The summed E-state index contributed by atoms with van der Waals surface area (Å²) in [7, 11) is 0. The van der Waals surface area contributed by atoms with Crippen LogP contribution in [0.2, 0.25) is 0 Å². The highest BCUT2D eigenvalue weighted by molar-refractivity contribution is 5.22. The Kier molecular flexibility index (Phi) is 5.13. The lowest BCUT2D eigenvalue weighted by atomic mass is 10.1. The fourth-order valence-corrected chi connectivity index (χ4v) is 2.13. The van der Waals surface area contributed by atoms with Crippen molar-refractivity contribution in [3.8, 4) is 0 Å². The lowest BCUT2D eigenvalue weighted by molar-refractivity contribution is 0.175. The van der Waals surface area contributed by atoms with Gasteiger partial charge in [-0.1, -0.05) is 60.2 Å². The maximum atomic E-state index is 10.00. The Balaban J connectivity index is 1.72. The molecule has 0 saturated carbocycles. The second-order valence-electron chi connectivity index (χ2n) is 4.87. The van der Waals surface area contributed by atoms with Crippen molar-refractivity contribution >= 4 is 0 Å². The Morgan fingerprint density at radius 3 is 2.58 bits per heavy atom. The maximum Gasteiger partial charge on any atom is 0.0914 e. The lowest BCUT2D eigenvalue weighted by Gasteiger charge is -2.12. The second-order valence-corrected chi connectivity index (χ2v) is 4.87. The molecule has 2 nitrogen and oxygen atoms in total. The van der Waals surface area contributed by atoms with Crippen LogP contribution in [0.25, 0.3) is 0 Å². The Morgan fingerprint density at radius 2 is 1.84 bits per heavy atom. The molecule has 0 aliphatic heterocycles. The fraction of sp³-hybridized carbons (Fsp3) is 0.294. The van der Waals surface area contributed by atoms with E-state index in [0.29, 0.717) is 6.54 Å². The molecule has 1 atom stereocenters. The minimum absolute atomic E-state index is 0.432. The molecule has 0 amide bonds. The van der Waals surface area contributed by atoms with E-state index in [4.69, 9.17) is 0 Å². The summed E-state index contributed by atoms with van der Waals surface area (Å²) in [5.41, 5.74) is 3.59. The van der Waals surface area contributed by atoms with E-state index in [1.165, 1.54) is 11.1 Å². The van der Waals surface area contributed by atoms with Crippen LogP contribution in [0, 0.1) is 6.92 Å². The van der Waals surface area contributed by atoms with Crippen LogP contribution in [0.4, 0.5) is 0 Å². The summed E-state index contributed by atoms with van der Waals surface area (Å²) in [6, 6.07) is 18.3. The van der Waals surface area contributed by atoms with Gasteiger partial charge in [0.15, 0.2) is 0 Å². The normalized spacial score (nSPS) is 12.3. The summed E-state index contributed by atoms with van der Waals surface area (Å²) in [5.74, 6) is 0. The van der Waals surface area contributed by atoms with Crippen LogP contribution < -0.4 is 5.32 Å². The van der Waals surface area contributed by atoms with Gasteiger partial charge in [-0.3, -0.25) is 0 Å². The average molecular weight is 255 g/mol. The molecule has 0 aromatic heterocycles. The van der Waals surface area contributed by atoms with Crippen molar-refractivity contribution in [2.45, 2.75) is 19.4 Å². The topological polar surface area (TPSA) is 32.3 Å². The molecule has 0 aliphatic carbocycles. The summed E-state index contributed by atoms with van der Waals surface area (Å²) in [6.45, 7) is 3.58. The quantitative estimate of drug-likeness (QED) is 0.778. The fourth-order valence-electron chi connectivity index (χ4n) is 2.13. The van der Waals surface area contributed by atoms with Crippen LogP contribution in [-0.4, -0.2) is 18.2 Å². The number of aliphatic hydroxyl groups is 1. The number of hydrogen-bond donors (Lipinski definition) is 2. The van der Waals surface area contributed by atoms with Gasteiger partial charge in [-0.05, 0) is 31.0 Å². The number of aryl methyl sites for hydroxylation is 1. The highest BCUT2D eigenvalue weighted by Gasteiger charge is 2.05. The number of hydrogen-bond acceptors (Lipinski definition) is 2. The smallest absolute Gasteiger partial charge is 0.0914 e. The molecule has 0 saturated heterocycles. The van der Waals surface area contributed by atoms with Crippen LogP contribution in [0.15, 0.2) is 54.6 Å². The second kappa shape index (κ2) is 7.07. The van der Waals surface area contributed by atoms with E-state index in [1.807, 2.05) is 30.3 Å². The van der Waals surface area contributed by atoms with Crippen LogP contribution in [0.1, 0.15) is 22.8 Å². The Labute approximate surface area is 115 Å².